The maximum atomic E-state index is 10.8. The fourth-order valence-corrected chi connectivity index (χ4v) is 1.34. The average Bonchev–Trinajstić information content (AvgIpc) is 2.15. The third kappa shape index (κ3) is 3.27. The molecule has 82 valence electrons. The highest BCUT2D eigenvalue weighted by Gasteiger charge is 2.10. The summed E-state index contributed by atoms with van der Waals surface area (Å²) in [5.41, 5.74) is 1.46. The lowest BCUT2D eigenvalue weighted by atomic mass is 10.1. The van der Waals surface area contributed by atoms with Crippen LogP contribution in [-0.2, 0) is 0 Å². The summed E-state index contributed by atoms with van der Waals surface area (Å²) in [7, 11) is 1.55. The number of benzene rings is 1. The lowest BCUT2D eigenvalue weighted by Crippen LogP contribution is -2.26. The van der Waals surface area contributed by atoms with Crippen LogP contribution in [0.2, 0.25) is 0 Å². The quantitative estimate of drug-likeness (QED) is 0.774. The van der Waals surface area contributed by atoms with Crippen LogP contribution in [0.1, 0.15) is 31.1 Å². The van der Waals surface area contributed by atoms with Gasteiger partial charge in [-0.15, -0.1) is 0 Å². The Bertz CT molecular complexity index is 353. The lowest BCUT2D eigenvalue weighted by molar-refractivity contribution is 0.112. The molecule has 3 nitrogen and oxygen atoms in total. The van der Waals surface area contributed by atoms with E-state index in [-0.39, 0.29) is 5.54 Å². The molecular formula is C12H17NO2. The van der Waals surface area contributed by atoms with Crippen molar-refractivity contribution >= 4 is 12.0 Å². The molecule has 1 aromatic carbocycles. The van der Waals surface area contributed by atoms with Crippen molar-refractivity contribution in [3.05, 3.63) is 23.8 Å². The van der Waals surface area contributed by atoms with Crippen molar-refractivity contribution in [3.63, 3.8) is 0 Å². The molecule has 0 saturated heterocycles. The van der Waals surface area contributed by atoms with E-state index in [1.54, 1.807) is 19.2 Å². The van der Waals surface area contributed by atoms with Crippen LogP contribution in [0.3, 0.4) is 0 Å². The first-order valence-electron chi connectivity index (χ1n) is 4.87. The van der Waals surface area contributed by atoms with Crippen molar-refractivity contribution in [3.8, 4) is 5.75 Å². The van der Waals surface area contributed by atoms with Gasteiger partial charge in [0.05, 0.1) is 12.7 Å². The Hall–Kier alpha value is -1.51. The molecule has 0 bridgehead atoms. The van der Waals surface area contributed by atoms with Gasteiger partial charge in [-0.05, 0) is 39.0 Å². The second-order valence-corrected chi connectivity index (χ2v) is 4.45. The zero-order valence-electron chi connectivity index (χ0n) is 9.63. The first-order chi connectivity index (χ1) is 6.96. The van der Waals surface area contributed by atoms with Crippen LogP contribution in [0.15, 0.2) is 18.2 Å². The number of carbonyl (C=O) groups is 1. The molecule has 0 saturated carbocycles. The maximum absolute atomic E-state index is 10.8. The van der Waals surface area contributed by atoms with E-state index >= 15 is 0 Å². The third-order valence-electron chi connectivity index (χ3n) is 1.88. The Morgan fingerprint density at radius 2 is 2.00 bits per heavy atom. The summed E-state index contributed by atoms with van der Waals surface area (Å²) >= 11 is 0. The second kappa shape index (κ2) is 4.34. The van der Waals surface area contributed by atoms with Gasteiger partial charge >= 0.3 is 0 Å². The fourth-order valence-electron chi connectivity index (χ4n) is 1.34. The molecule has 0 spiro atoms. The van der Waals surface area contributed by atoms with Crippen molar-refractivity contribution in [2.45, 2.75) is 26.3 Å². The number of rotatable bonds is 3. The van der Waals surface area contributed by atoms with E-state index in [2.05, 4.69) is 26.1 Å². The van der Waals surface area contributed by atoms with Crippen molar-refractivity contribution in [2.75, 3.05) is 12.4 Å². The van der Waals surface area contributed by atoms with E-state index in [0.29, 0.717) is 11.3 Å². The molecule has 1 N–H and O–H groups in total. The average molecular weight is 207 g/mol. The predicted octanol–water partition coefficient (Wildman–Crippen LogP) is 2.72. The van der Waals surface area contributed by atoms with Crippen LogP contribution < -0.4 is 10.1 Å². The molecule has 0 aliphatic rings. The zero-order chi connectivity index (χ0) is 11.5. The van der Waals surface area contributed by atoms with Crippen LogP contribution in [0.5, 0.6) is 5.75 Å². The van der Waals surface area contributed by atoms with Gasteiger partial charge in [0.25, 0.3) is 0 Å². The minimum Gasteiger partial charge on any atom is -0.496 e. The summed E-state index contributed by atoms with van der Waals surface area (Å²) in [6.45, 7) is 6.20. The lowest BCUT2D eigenvalue weighted by Gasteiger charge is -2.22. The molecule has 1 aromatic rings. The smallest absolute Gasteiger partial charge is 0.153 e. The first-order valence-corrected chi connectivity index (χ1v) is 4.87. The molecule has 0 atom stereocenters. The maximum Gasteiger partial charge on any atom is 0.153 e. The van der Waals surface area contributed by atoms with Gasteiger partial charge < -0.3 is 10.1 Å². The number of anilines is 1. The Balaban J connectivity index is 2.98. The molecule has 15 heavy (non-hydrogen) atoms. The van der Waals surface area contributed by atoms with E-state index < -0.39 is 0 Å². The fraction of sp³-hybridized carbons (Fsp3) is 0.417. The van der Waals surface area contributed by atoms with Crippen LogP contribution in [0.25, 0.3) is 0 Å². The van der Waals surface area contributed by atoms with Gasteiger partial charge in [0, 0.05) is 11.2 Å². The number of carbonyl (C=O) groups excluding carboxylic acids is 1. The molecule has 3 heteroatoms. The molecule has 0 fully saturated rings. The highest BCUT2D eigenvalue weighted by atomic mass is 16.5. The number of hydrogen-bond acceptors (Lipinski definition) is 3. The van der Waals surface area contributed by atoms with E-state index in [1.807, 2.05) is 6.07 Å². The number of methoxy groups -OCH3 is 1. The highest BCUT2D eigenvalue weighted by molar-refractivity contribution is 5.81. The molecule has 0 amide bonds. The van der Waals surface area contributed by atoms with Crippen LogP contribution in [-0.4, -0.2) is 18.9 Å². The third-order valence-corrected chi connectivity index (χ3v) is 1.88. The van der Waals surface area contributed by atoms with Gasteiger partial charge in [-0.2, -0.15) is 0 Å². The number of aldehydes is 1. The largest absolute Gasteiger partial charge is 0.496 e. The van der Waals surface area contributed by atoms with Crippen LogP contribution in [0.4, 0.5) is 5.69 Å². The molecule has 0 unspecified atom stereocenters. The van der Waals surface area contributed by atoms with Crippen LogP contribution >= 0.6 is 0 Å². The molecule has 1 rings (SSSR count). The molecular weight excluding hydrogens is 190 g/mol. The second-order valence-electron chi connectivity index (χ2n) is 4.45. The number of ether oxygens (including phenoxy) is 1. The summed E-state index contributed by atoms with van der Waals surface area (Å²) in [5.74, 6) is 0.601. The number of hydrogen-bond donors (Lipinski definition) is 1. The SMILES string of the molecule is COc1ccc(NC(C)(C)C)cc1C=O. The summed E-state index contributed by atoms with van der Waals surface area (Å²) < 4.78 is 5.06. The van der Waals surface area contributed by atoms with Gasteiger partial charge in [0.15, 0.2) is 6.29 Å². The van der Waals surface area contributed by atoms with Crippen molar-refractivity contribution < 1.29 is 9.53 Å². The van der Waals surface area contributed by atoms with Crippen molar-refractivity contribution in [2.24, 2.45) is 0 Å². The van der Waals surface area contributed by atoms with Crippen LogP contribution in [0, 0.1) is 0 Å². The normalized spacial score (nSPS) is 10.9. The van der Waals surface area contributed by atoms with Gasteiger partial charge in [-0.3, -0.25) is 4.79 Å². The zero-order valence-corrected chi connectivity index (χ0v) is 9.63. The molecule has 0 radical (unpaired) electrons. The summed E-state index contributed by atoms with van der Waals surface area (Å²) in [5, 5.41) is 3.29. The van der Waals surface area contributed by atoms with E-state index in [9.17, 15) is 4.79 Å². The van der Waals surface area contributed by atoms with Gasteiger partial charge in [0.1, 0.15) is 5.75 Å². The Kier molecular flexibility index (Phi) is 3.35. The summed E-state index contributed by atoms with van der Waals surface area (Å²) in [4.78, 5) is 10.8. The molecule has 0 aliphatic heterocycles. The van der Waals surface area contributed by atoms with Gasteiger partial charge in [-0.25, -0.2) is 0 Å². The monoisotopic (exact) mass is 207 g/mol. The minimum absolute atomic E-state index is 0.0191. The molecule has 0 aromatic heterocycles. The summed E-state index contributed by atoms with van der Waals surface area (Å²) in [6, 6.07) is 5.48. The van der Waals surface area contributed by atoms with Crippen molar-refractivity contribution in [1.82, 2.24) is 0 Å². The van der Waals surface area contributed by atoms with E-state index in [4.69, 9.17) is 4.74 Å². The van der Waals surface area contributed by atoms with E-state index in [1.165, 1.54) is 0 Å². The van der Waals surface area contributed by atoms with Crippen molar-refractivity contribution in [1.29, 1.82) is 0 Å². The molecule has 0 aliphatic carbocycles. The Morgan fingerprint density at radius 3 is 2.47 bits per heavy atom. The Labute approximate surface area is 90.4 Å². The minimum atomic E-state index is -0.0191. The van der Waals surface area contributed by atoms with Gasteiger partial charge in [0.2, 0.25) is 0 Å². The highest BCUT2D eigenvalue weighted by Crippen LogP contribution is 2.22. The molecule has 0 heterocycles. The first kappa shape index (κ1) is 11.6. The number of nitrogens with one attached hydrogen (secondary N) is 1. The van der Waals surface area contributed by atoms with E-state index in [0.717, 1.165) is 12.0 Å². The van der Waals surface area contributed by atoms with Gasteiger partial charge in [-0.1, -0.05) is 0 Å². The Morgan fingerprint density at radius 1 is 1.33 bits per heavy atom. The standard InChI is InChI=1S/C12H17NO2/c1-12(2,3)13-10-5-6-11(15-4)9(7-10)8-14/h5-8,13H,1-4H3. The topological polar surface area (TPSA) is 38.3 Å². The predicted molar refractivity (Wildman–Crippen MR) is 61.8 cm³/mol. The summed E-state index contributed by atoms with van der Waals surface area (Å²) in [6.07, 6.45) is 0.798.